The monoisotopic (exact) mass is 311 g/mol. The lowest BCUT2D eigenvalue weighted by Gasteiger charge is -2.06. The minimum atomic E-state index is -0.902. The van der Waals surface area contributed by atoms with E-state index in [2.05, 4.69) is 21.9 Å². The second-order valence-electron chi connectivity index (χ2n) is 4.52. The second-order valence-corrected chi connectivity index (χ2v) is 4.52. The molecule has 2 rings (SSSR count). The van der Waals surface area contributed by atoms with Gasteiger partial charge in [-0.05, 0) is 18.4 Å². The first-order valence-corrected chi connectivity index (χ1v) is 7.23. The van der Waals surface area contributed by atoms with Gasteiger partial charge < -0.3 is 14.8 Å². The molecule has 0 aliphatic heterocycles. The maximum atomic E-state index is 11.2. The lowest BCUT2D eigenvalue weighted by atomic mass is 10.1. The van der Waals surface area contributed by atoms with Crippen molar-refractivity contribution >= 4 is 22.6 Å². The Morgan fingerprint density at radius 1 is 1.09 bits per heavy atom. The first-order valence-electron chi connectivity index (χ1n) is 7.23. The van der Waals surface area contributed by atoms with E-state index in [0.29, 0.717) is 0 Å². The lowest BCUT2D eigenvalue weighted by Crippen LogP contribution is -2.32. The molecule has 0 fully saturated rings. The first-order chi connectivity index (χ1) is 11.2. The van der Waals surface area contributed by atoms with Crippen molar-refractivity contribution in [2.75, 3.05) is 19.8 Å². The predicted octanol–water partition coefficient (Wildman–Crippen LogP) is 1.90. The van der Waals surface area contributed by atoms with Gasteiger partial charge in [0, 0.05) is 5.39 Å². The predicted molar refractivity (Wildman–Crippen MR) is 86.9 cm³/mol. The maximum Gasteiger partial charge on any atom is 0.396 e. The molecule has 2 aromatic rings. The number of carbonyl (C=O) groups is 2. The van der Waals surface area contributed by atoms with Gasteiger partial charge >= 0.3 is 11.9 Å². The smallest absolute Gasteiger partial charge is 0.396 e. The fourth-order valence-corrected chi connectivity index (χ4v) is 1.94. The molecule has 0 aromatic heterocycles. The molecule has 23 heavy (non-hydrogen) atoms. The van der Waals surface area contributed by atoms with E-state index >= 15 is 0 Å². The molecule has 0 bridgehead atoms. The Bertz CT molecular complexity index is 753. The van der Waals surface area contributed by atoms with Crippen molar-refractivity contribution in [2.45, 2.75) is 6.92 Å². The number of carbonyl (C=O) groups excluding carboxylic acids is 2. The Morgan fingerprint density at radius 3 is 2.70 bits per heavy atom. The number of nitrogens with one attached hydrogen (secondary N) is 1. The lowest BCUT2D eigenvalue weighted by molar-refractivity contribution is -0.154. The van der Waals surface area contributed by atoms with Gasteiger partial charge in [-0.15, -0.1) is 0 Å². The van der Waals surface area contributed by atoms with Gasteiger partial charge in [0.2, 0.25) is 0 Å². The number of amides is 1. The Morgan fingerprint density at radius 2 is 1.87 bits per heavy atom. The zero-order valence-corrected chi connectivity index (χ0v) is 12.8. The van der Waals surface area contributed by atoms with Crippen molar-refractivity contribution in [3.8, 4) is 17.6 Å². The average molecular weight is 311 g/mol. The highest BCUT2D eigenvalue weighted by molar-refractivity contribution is 6.32. The Kier molecular flexibility index (Phi) is 6.01. The molecule has 2 aromatic carbocycles. The number of hydrogen-bond acceptors (Lipinski definition) is 4. The first kappa shape index (κ1) is 16.4. The zero-order valence-electron chi connectivity index (χ0n) is 12.8. The van der Waals surface area contributed by atoms with Crippen LogP contribution >= 0.6 is 0 Å². The van der Waals surface area contributed by atoms with Crippen LogP contribution in [0, 0.1) is 11.8 Å². The molecule has 5 nitrogen and oxygen atoms in total. The fraction of sp³-hybridized carbons (Fsp3) is 0.222. The average Bonchev–Trinajstić information content (AvgIpc) is 2.58. The third kappa shape index (κ3) is 4.75. The molecule has 0 saturated carbocycles. The number of rotatable bonds is 4. The zero-order chi connectivity index (χ0) is 16.5. The second kappa shape index (κ2) is 8.44. The van der Waals surface area contributed by atoms with Crippen molar-refractivity contribution in [2.24, 2.45) is 0 Å². The quantitative estimate of drug-likeness (QED) is 0.532. The molecule has 118 valence electrons. The van der Waals surface area contributed by atoms with E-state index in [9.17, 15) is 9.59 Å². The number of esters is 1. The van der Waals surface area contributed by atoms with Gasteiger partial charge in [-0.1, -0.05) is 48.2 Å². The summed E-state index contributed by atoms with van der Waals surface area (Å²) in [6.45, 7) is 2.06. The van der Waals surface area contributed by atoms with Crippen LogP contribution in [0.2, 0.25) is 0 Å². The number of ether oxygens (including phenoxy) is 2. The molecule has 5 heteroatoms. The molecule has 0 atom stereocenters. The largest absolute Gasteiger partial charge is 0.480 e. The molecule has 1 N–H and O–H groups in total. The van der Waals surface area contributed by atoms with Gasteiger partial charge in [0.1, 0.15) is 12.4 Å². The summed E-state index contributed by atoms with van der Waals surface area (Å²) >= 11 is 0. The van der Waals surface area contributed by atoms with E-state index in [1.165, 1.54) is 0 Å². The van der Waals surface area contributed by atoms with Crippen molar-refractivity contribution in [3.05, 3.63) is 42.5 Å². The van der Waals surface area contributed by atoms with Crippen molar-refractivity contribution in [1.29, 1.82) is 0 Å². The van der Waals surface area contributed by atoms with Crippen LogP contribution < -0.4 is 10.1 Å². The van der Waals surface area contributed by atoms with Gasteiger partial charge in [0.25, 0.3) is 0 Å². The Labute approximate surface area is 134 Å². The summed E-state index contributed by atoms with van der Waals surface area (Å²) in [5.74, 6) is 4.56. The van der Waals surface area contributed by atoms with Gasteiger partial charge in [0.05, 0.1) is 13.2 Å². The van der Waals surface area contributed by atoms with Gasteiger partial charge in [0.15, 0.2) is 0 Å². The molecule has 0 aliphatic rings. The summed E-state index contributed by atoms with van der Waals surface area (Å²) in [5.41, 5.74) is 0. The van der Waals surface area contributed by atoms with E-state index in [-0.39, 0.29) is 19.8 Å². The van der Waals surface area contributed by atoms with Crippen molar-refractivity contribution < 1.29 is 19.1 Å². The van der Waals surface area contributed by atoms with Gasteiger partial charge in [-0.2, -0.15) is 0 Å². The van der Waals surface area contributed by atoms with Crippen LogP contribution in [-0.2, 0) is 14.3 Å². The van der Waals surface area contributed by atoms with Crippen LogP contribution in [0.1, 0.15) is 6.92 Å². The van der Waals surface area contributed by atoms with E-state index in [1.807, 2.05) is 42.5 Å². The molecule has 0 unspecified atom stereocenters. The minimum Gasteiger partial charge on any atom is -0.480 e. The highest BCUT2D eigenvalue weighted by Crippen LogP contribution is 2.24. The Hall–Kier alpha value is -3.00. The molecule has 0 radical (unpaired) electrons. The van der Waals surface area contributed by atoms with E-state index < -0.39 is 11.9 Å². The fourth-order valence-electron chi connectivity index (χ4n) is 1.94. The number of fused-ring (bicyclic) bond motifs is 1. The van der Waals surface area contributed by atoms with Crippen molar-refractivity contribution in [3.63, 3.8) is 0 Å². The minimum absolute atomic E-state index is 0.0660. The summed E-state index contributed by atoms with van der Waals surface area (Å²) in [6, 6.07) is 13.7. The molecule has 0 aliphatic carbocycles. The highest BCUT2D eigenvalue weighted by Gasteiger charge is 2.12. The molecule has 0 spiro atoms. The van der Waals surface area contributed by atoms with Crippen molar-refractivity contribution in [1.82, 2.24) is 5.32 Å². The standard InChI is InChI=1S/C18H17NO4/c1-2-22-18(21)17(20)19-12-5-6-13-23-16-11-7-9-14-8-3-4-10-15(14)16/h3-4,7-11H,2,12-13H2,1H3,(H,19,20). The van der Waals surface area contributed by atoms with E-state index in [4.69, 9.17) is 4.74 Å². The molecule has 0 saturated heterocycles. The van der Waals surface area contributed by atoms with Gasteiger partial charge in [-0.3, -0.25) is 4.79 Å². The molecular weight excluding hydrogens is 294 g/mol. The maximum absolute atomic E-state index is 11.2. The van der Waals surface area contributed by atoms with Crippen LogP contribution in [0.4, 0.5) is 0 Å². The van der Waals surface area contributed by atoms with Crippen LogP contribution in [0.25, 0.3) is 10.8 Å². The molecule has 0 heterocycles. The van der Waals surface area contributed by atoms with Crippen LogP contribution in [0.15, 0.2) is 42.5 Å². The number of benzene rings is 2. The normalized spacial score (nSPS) is 9.61. The Balaban J connectivity index is 1.81. The summed E-state index contributed by atoms with van der Waals surface area (Å²) in [5, 5.41) is 4.47. The van der Waals surface area contributed by atoms with E-state index in [1.54, 1.807) is 6.92 Å². The van der Waals surface area contributed by atoms with Crippen LogP contribution in [0.5, 0.6) is 5.75 Å². The highest BCUT2D eigenvalue weighted by atomic mass is 16.5. The molecule has 1 amide bonds. The molecular formula is C18H17NO4. The number of hydrogen-bond donors (Lipinski definition) is 1. The van der Waals surface area contributed by atoms with Gasteiger partial charge in [-0.25, -0.2) is 4.79 Å². The summed E-state index contributed by atoms with van der Waals surface area (Å²) in [6.07, 6.45) is 0. The summed E-state index contributed by atoms with van der Waals surface area (Å²) < 4.78 is 10.2. The third-order valence-corrected chi connectivity index (χ3v) is 2.97. The van der Waals surface area contributed by atoms with Crippen LogP contribution in [-0.4, -0.2) is 31.6 Å². The summed E-state index contributed by atoms with van der Waals surface area (Å²) in [4.78, 5) is 22.3. The summed E-state index contributed by atoms with van der Waals surface area (Å²) in [7, 11) is 0. The van der Waals surface area contributed by atoms with Crippen LogP contribution in [0.3, 0.4) is 0 Å². The third-order valence-electron chi connectivity index (χ3n) is 2.97. The topological polar surface area (TPSA) is 64.6 Å². The van der Waals surface area contributed by atoms with E-state index in [0.717, 1.165) is 16.5 Å². The SMILES string of the molecule is CCOC(=O)C(=O)NCC#CCOc1cccc2ccccc12.